The first-order chi connectivity index (χ1) is 17.9. The van der Waals surface area contributed by atoms with Crippen LogP contribution in [-0.2, 0) is 20.4 Å². The van der Waals surface area contributed by atoms with Crippen molar-refractivity contribution in [2.24, 2.45) is 0 Å². The lowest BCUT2D eigenvalue weighted by atomic mass is 9.93. The quantitative estimate of drug-likeness (QED) is 0.477. The van der Waals surface area contributed by atoms with E-state index >= 15 is 0 Å². The standard InChI is InChI=1S/C26H34F3N3O4S2/c1-19-5-3-6-21(12-15-33)32(19)18-23-17-30(38(35,36)24-7-4-16-37-24)13-14-31(23)22-10-8-20(9-11-22)25(2,34)26(27,28)29/h4,7-11,15-16,19,21,23,34H,3,5-6,12-14,17-18H2,1-2H3/t19?,21?,23-,25-/m1/s1. The number of carbonyl (C=O) groups excluding carboxylic acids is 1. The first-order valence-corrected chi connectivity index (χ1v) is 15.1. The highest BCUT2D eigenvalue weighted by Gasteiger charge is 2.51. The fourth-order valence-electron chi connectivity index (χ4n) is 5.50. The summed E-state index contributed by atoms with van der Waals surface area (Å²) in [5.41, 5.74) is -2.59. The van der Waals surface area contributed by atoms with E-state index in [1.54, 1.807) is 29.6 Å². The molecule has 2 aliphatic rings. The highest BCUT2D eigenvalue weighted by atomic mass is 32.2. The second kappa shape index (κ2) is 11.2. The molecule has 2 unspecified atom stereocenters. The average Bonchev–Trinajstić information content (AvgIpc) is 3.42. The van der Waals surface area contributed by atoms with Gasteiger partial charge in [0.15, 0.2) is 5.60 Å². The summed E-state index contributed by atoms with van der Waals surface area (Å²) in [5, 5.41) is 11.8. The van der Waals surface area contributed by atoms with Crippen molar-refractivity contribution in [1.29, 1.82) is 0 Å². The van der Waals surface area contributed by atoms with E-state index in [9.17, 15) is 31.5 Å². The molecule has 1 N–H and O–H groups in total. The van der Waals surface area contributed by atoms with E-state index in [1.165, 1.54) is 16.4 Å². The molecule has 0 amide bonds. The molecule has 38 heavy (non-hydrogen) atoms. The number of halogens is 3. The molecule has 4 atom stereocenters. The average molecular weight is 574 g/mol. The zero-order valence-electron chi connectivity index (χ0n) is 21.5. The monoisotopic (exact) mass is 573 g/mol. The molecule has 2 aliphatic heterocycles. The van der Waals surface area contributed by atoms with Gasteiger partial charge in [-0.2, -0.15) is 17.5 Å². The maximum Gasteiger partial charge on any atom is 0.421 e. The number of piperazine rings is 1. The minimum Gasteiger partial charge on any atom is -0.376 e. The van der Waals surface area contributed by atoms with Crippen LogP contribution in [0.1, 0.15) is 45.1 Å². The number of carbonyl (C=O) groups is 1. The third-order valence-corrected chi connectivity index (χ3v) is 11.1. The topological polar surface area (TPSA) is 81.2 Å². The Morgan fingerprint density at radius 2 is 1.82 bits per heavy atom. The number of sulfonamides is 1. The molecule has 3 heterocycles. The number of nitrogens with zero attached hydrogens (tertiary/aromatic N) is 3. The SMILES string of the molecule is CC1CCCC(CC=O)N1C[C@H]1CN(S(=O)(=O)c2cccs2)CCN1c1ccc([C@@](C)(O)C(F)(F)F)cc1. The number of benzene rings is 1. The smallest absolute Gasteiger partial charge is 0.376 e. The molecule has 0 saturated carbocycles. The van der Waals surface area contributed by atoms with Crippen LogP contribution in [0.5, 0.6) is 0 Å². The van der Waals surface area contributed by atoms with Crippen LogP contribution in [0.2, 0.25) is 0 Å². The van der Waals surface area contributed by atoms with Crippen molar-refractivity contribution < 1.29 is 31.5 Å². The fourth-order valence-corrected chi connectivity index (χ4v) is 8.11. The van der Waals surface area contributed by atoms with Gasteiger partial charge in [0.05, 0.1) is 6.04 Å². The maximum atomic E-state index is 13.4. The largest absolute Gasteiger partial charge is 0.421 e. The van der Waals surface area contributed by atoms with Gasteiger partial charge >= 0.3 is 6.18 Å². The van der Waals surface area contributed by atoms with Gasteiger partial charge in [-0.3, -0.25) is 4.90 Å². The van der Waals surface area contributed by atoms with Crippen LogP contribution in [0.3, 0.4) is 0 Å². The molecule has 1 aromatic carbocycles. The summed E-state index contributed by atoms with van der Waals surface area (Å²) in [5.74, 6) is 0. The van der Waals surface area contributed by atoms with Crippen LogP contribution in [0.25, 0.3) is 0 Å². The van der Waals surface area contributed by atoms with Gasteiger partial charge in [0.2, 0.25) is 0 Å². The minimum atomic E-state index is -4.82. The minimum absolute atomic E-state index is 0.0617. The number of hydrogen-bond acceptors (Lipinski definition) is 7. The molecular weight excluding hydrogens is 539 g/mol. The van der Waals surface area contributed by atoms with E-state index < -0.39 is 21.8 Å². The van der Waals surface area contributed by atoms with Crippen LogP contribution in [0, 0.1) is 0 Å². The van der Waals surface area contributed by atoms with Crippen LogP contribution in [-0.4, -0.2) is 79.5 Å². The molecule has 1 aromatic heterocycles. The van der Waals surface area contributed by atoms with E-state index in [1.807, 2.05) is 4.90 Å². The second-order valence-electron chi connectivity index (χ2n) is 10.3. The Labute approximate surface area is 225 Å². The zero-order chi connectivity index (χ0) is 27.7. The predicted octanol–water partition coefficient (Wildman–Crippen LogP) is 4.23. The molecule has 12 heteroatoms. The molecule has 0 radical (unpaired) electrons. The maximum absolute atomic E-state index is 13.4. The van der Waals surface area contributed by atoms with E-state index in [0.29, 0.717) is 25.2 Å². The summed E-state index contributed by atoms with van der Waals surface area (Å²) in [6.07, 6.45) is -0.627. The fraction of sp³-hybridized carbons (Fsp3) is 0.577. The van der Waals surface area contributed by atoms with E-state index in [0.717, 1.165) is 43.8 Å². The molecule has 0 spiro atoms. The number of piperidine rings is 1. The molecule has 0 aliphatic carbocycles. The Morgan fingerprint density at radius 1 is 1.11 bits per heavy atom. The highest BCUT2D eigenvalue weighted by molar-refractivity contribution is 7.91. The Morgan fingerprint density at radius 3 is 2.42 bits per heavy atom. The van der Waals surface area contributed by atoms with Crippen molar-refractivity contribution in [3.63, 3.8) is 0 Å². The molecule has 4 rings (SSSR count). The Kier molecular flexibility index (Phi) is 8.58. The number of likely N-dealkylation sites (tertiary alicyclic amines) is 1. The lowest BCUT2D eigenvalue weighted by molar-refractivity contribution is -0.258. The third-order valence-electron chi connectivity index (χ3n) is 7.83. The molecule has 0 bridgehead atoms. The van der Waals surface area contributed by atoms with Gasteiger partial charge in [-0.1, -0.05) is 24.6 Å². The van der Waals surface area contributed by atoms with Gasteiger partial charge in [0.25, 0.3) is 10.0 Å². The number of anilines is 1. The second-order valence-corrected chi connectivity index (χ2v) is 13.4. The van der Waals surface area contributed by atoms with Crippen molar-refractivity contribution in [3.8, 4) is 0 Å². The normalized spacial score (nSPS) is 25.7. The van der Waals surface area contributed by atoms with Crippen molar-refractivity contribution in [3.05, 3.63) is 47.3 Å². The number of hydrogen-bond donors (Lipinski definition) is 1. The lowest BCUT2D eigenvalue weighted by Gasteiger charge is -2.48. The third kappa shape index (κ3) is 5.79. The number of rotatable bonds is 8. The van der Waals surface area contributed by atoms with E-state index in [-0.39, 0.29) is 41.0 Å². The molecule has 210 valence electrons. The van der Waals surface area contributed by atoms with E-state index in [4.69, 9.17) is 0 Å². The number of aliphatic hydroxyl groups is 1. The van der Waals surface area contributed by atoms with Crippen LogP contribution < -0.4 is 4.90 Å². The van der Waals surface area contributed by atoms with Gasteiger partial charge in [-0.25, -0.2) is 8.42 Å². The van der Waals surface area contributed by atoms with Gasteiger partial charge in [-0.05, 0) is 55.8 Å². The van der Waals surface area contributed by atoms with Gasteiger partial charge in [-0.15, -0.1) is 11.3 Å². The Bertz CT molecular complexity index is 1190. The molecule has 2 saturated heterocycles. The van der Waals surface area contributed by atoms with Crippen molar-refractivity contribution in [1.82, 2.24) is 9.21 Å². The number of thiophene rings is 1. The van der Waals surface area contributed by atoms with Crippen molar-refractivity contribution in [2.45, 2.75) is 73.6 Å². The predicted molar refractivity (Wildman–Crippen MR) is 141 cm³/mol. The lowest BCUT2D eigenvalue weighted by Crippen LogP contribution is -2.60. The Hall–Kier alpha value is -1.99. The summed E-state index contributed by atoms with van der Waals surface area (Å²) in [4.78, 5) is 15.7. The van der Waals surface area contributed by atoms with Crippen LogP contribution >= 0.6 is 11.3 Å². The van der Waals surface area contributed by atoms with Crippen LogP contribution in [0.4, 0.5) is 18.9 Å². The Balaban J connectivity index is 1.64. The van der Waals surface area contributed by atoms with Crippen molar-refractivity contribution in [2.75, 3.05) is 31.1 Å². The molecule has 7 nitrogen and oxygen atoms in total. The summed E-state index contributed by atoms with van der Waals surface area (Å²) < 4.78 is 68.5. The van der Waals surface area contributed by atoms with Crippen molar-refractivity contribution >= 4 is 33.3 Å². The number of aldehydes is 1. The summed E-state index contributed by atoms with van der Waals surface area (Å²) in [6.45, 7) is 4.14. The molecular formula is C26H34F3N3O4S2. The van der Waals surface area contributed by atoms with Gasteiger partial charge in [0, 0.05) is 50.4 Å². The highest BCUT2D eigenvalue weighted by Crippen LogP contribution is 2.39. The first kappa shape index (κ1) is 29.0. The van der Waals surface area contributed by atoms with Crippen LogP contribution in [0.15, 0.2) is 46.0 Å². The summed E-state index contributed by atoms with van der Waals surface area (Å²) >= 11 is 1.16. The van der Waals surface area contributed by atoms with E-state index in [2.05, 4.69) is 11.8 Å². The zero-order valence-corrected chi connectivity index (χ0v) is 23.1. The molecule has 2 fully saturated rings. The first-order valence-electron chi connectivity index (χ1n) is 12.8. The number of alkyl halides is 3. The summed E-state index contributed by atoms with van der Waals surface area (Å²) in [7, 11) is -3.69. The van der Waals surface area contributed by atoms with Gasteiger partial charge < -0.3 is 14.8 Å². The molecule has 2 aromatic rings. The summed E-state index contributed by atoms with van der Waals surface area (Å²) in [6, 6.07) is 8.91. The van der Waals surface area contributed by atoms with Gasteiger partial charge in [0.1, 0.15) is 10.5 Å².